The van der Waals surface area contributed by atoms with Gasteiger partial charge in [-0.15, -0.1) is 0 Å². The number of hydrogen-bond acceptors (Lipinski definition) is 4. The third-order valence-electron chi connectivity index (χ3n) is 1.76. The minimum absolute atomic E-state index is 0.0132. The molecule has 1 aromatic carbocycles. The van der Waals surface area contributed by atoms with Gasteiger partial charge >= 0.3 is 5.97 Å². The van der Waals surface area contributed by atoms with Crippen molar-refractivity contribution in [2.75, 3.05) is 13.7 Å². The van der Waals surface area contributed by atoms with E-state index in [0.717, 1.165) is 0 Å². The molecule has 1 aromatic rings. The number of hydrogen-bond donors (Lipinski definition) is 2. The number of carboxylic acids is 1. The smallest absolute Gasteiger partial charge is 0.341 e. The summed E-state index contributed by atoms with van der Waals surface area (Å²) in [5.41, 5.74) is 0. The van der Waals surface area contributed by atoms with Gasteiger partial charge in [0.15, 0.2) is 6.61 Å². The molecule has 0 saturated carbocycles. The van der Waals surface area contributed by atoms with Crippen LogP contribution in [0.3, 0.4) is 0 Å². The number of ether oxygens (including phenoxy) is 1. The number of carbonyl (C=O) groups is 1. The maximum absolute atomic E-state index is 11.5. The van der Waals surface area contributed by atoms with Crippen LogP contribution in [0.25, 0.3) is 0 Å². The number of nitrogens with one attached hydrogen (secondary N) is 1. The molecular weight excluding hydrogens is 234 g/mol. The van der Waals surface area contributed by atoms with Gasteiger partial charge in [-0.05, 0) is 19.2 Å². The van der Waals surface area contributed by atoms with E-state index in [4.69, 9.17) is 9.84 Å². The zero-order chi connectivity index (χ0) is 12.2. The van der Waals surface area contributed by atoms with Crippen molar-refractivity contribution in [2.24, 2.45) is 0 Å². The summed E-state index contributed by atoms with van der Waals surface area (Å²) >= 11 is 0. The quantitative estimate of drug-likeness (QED) is 0.765. The van der Waals surface area contributed by atoms with Crippen LogP contribution in [0.2, 0.25) is 0 Å². The summed E-state index contributed by atoms with van der Waals surface area (Å²) in [6.45, 7) is -0.587. The molecule has 0 atom stereocenters. The molecule has 0 bridgehead atoms. The number of rotatable bonds is 5. The Morgan fingerprint density at radius 1 is 1.44 bits per heavy atom. The lowest BCUT2D eigenvalue weighted by atomic mass is 10.3. The number of para-hydroxylation sites is 1. The third kappa shape index (κ3) is 2.94. The summed E-state index contributed by atoms with van der Waals surface area (Å²) < 4.78 is 30.1. The lowest BCUT2D eigenvalue weighted by Crippen LogP contribution is -2.20. The summed E-state index contributed by atoms with van der Waals surface area (Å²) in [4.78, 5) is 10.2. The summed E-state index contributed by atoms with van der Waals surface area (Å²) in [5.74, 6) is -1.16. The van der Waals surface area contributed by atoms with Crippen LogP contribution in [0.4, 0.5) is 0 Å². The Morgan fingerprint density at radius 3 is 2.62 bits per heavy atom. The van der Waals surface area contributed by atoms with E-state index in [-0.39, 0.29) is 10.6 Å². The van der Waals surface area contributed by atoms with E-state index in [1.54, 1.807) is 6.07 Å². The molecule has 7 heteroatoms. The van der Waals surface area contributed by atoms with Gasteiger partial charge < -0.3 is 9.84 Å². The lowest BCUT2D eigenvalue weighted by molar-refractivity contribution is -0.139. The molecule has 0 fully saturated rings. The van der Waals surface area contributed by atoms with Crippen molar-refractivity contribution in [1.29, 1.82) is 0 Å². The standard InChI is InChI=1S/C9H11NO5S/c1-10-16(13,14)8-5-3-2-4-7(8)15-6-9(11)12/h2-5,10H,6H2,1H3,(H,11,12). The SMILES string of the molecule is CNS(=O)(=O)c1ccccc1OCC(=O)O. The molecule has 6 nitrogen and oxygen atoms in total. The molecule has 2 N–H and O–H groups in total. The van der Waals surface area contributed by atoms with E-state index in [1.807, 2.05) is 0 Å². The van der Waals surface area contributed by atoms with E-state index < -0.39 is 22.6 Å². The van der Waals surface area contributed by atoms with Crippen molar-refractivity contribution in [3.05, 3.63) is 24.3 Å². The highest BCUT2D eigenvalue weighted by Crippen LogP contribution is 2.22. The van der Waals surface area contributed by atoms with Crippen molar-refractivity contribution in [3.8, 4) is 5.75 Å². The predicted molar refractivity (Wildman–Crippen MR) is 55.8 cm³/mol. The maximum Gasteiger partial charge on any atom is 0.341 e. The monoisotopic (exact) mass is 245 g/mol. The second-order valence-electron chi connectivity index (χ2n) is 2.84. The Bertz CT molecular complexity index is 482. The first-order valence-electron chi connectivity index (χ1n) is 4.34. The van der Waals surface area contributed by atoms with E-state index in [9.17, 15) is 13.2 Å². The van der Waals surface area contributed by atoms with Crippen LogP contribution in [0.5, 0.6) is 5.75 Å². The van der Waals surface area contributed by atoms with E-state index in [1.165, 1.54) is 25.2 Å². The minimum Gasteiger partial charge on any atom is -0.480 e. The normalized spacial score (nSPS) is 11.1. The Balaban J connectivity index is 3.06. The average Bonchev–Trinajstić information content (AvgIpc) is 2.26. The van der Waals surface area contributed by atoms with Crippen molar-refractivity contribution in [2.45, 2.75) is 4.90 Å². The average molecular weight is 245 g/mol. The summed E-state index contributed by atoms with van der Waals surface area (Å²) in [6, 6.07) is 5.82. The first-order chi connectivity index (χ1) is 7.47. The molecule has 0 amide bonds. The van der Waals surface area contributed by atoms with Crippen molar-refractivity contribution < 1.29 is 23.1 Å². The fourth-order valence-corrected chi connectivity index (χ4v) is 1.91. The predicted octanol–water partition coefficient (Wildman–Crippen LogP) is 0.0581. The summed E-state index contributed by atoms with van der Waals surface area (Å²) in [5, 5.41) is 8.44. The van der Waals surface area contributed by atoms with Crippen LogP contribution < -0.4 is 9.46 Å². The lowest BCUT2D eigenvalue weighted by Gasteiger charge is -2.09. The Kier molecular flexibility index (Phi) is 3.86. The van der Waals surface area contributed by atoms with Gasteiger partial charge in [0.25, 0.3) is 0 Å². The molecule has 88 valence electrons. The number of sulfonamides is 1. The molecule has 1 rings (SSSR count). The molecular formula is C9H11NO5S. The van der Waals surface area contributed by atoms with Crippen molar-refractivity contribution in [1.82, 2.24) is 4.72 Å². The molecule has 0 saturated heterocycles. The van der Waals surface area contributed by atoms with Crippen LogP contribution in [0.15, 0.2) is 29.2 Å². The van der Waals surface area contributed by atoms with E-state index >= 15 is 0 Å². The van der Waals surface area contributed by atoms with Gasteiger partial charge in [0.2, 0.25) is 10.0 Å². The highest BCUT2D eigenvalue weighted by atomic mass is 32.2. The minimum atomic E-state index is -3.64. The van der Waals surface area contributed by atoms with Crippen LogP contribution in [-0.2, 0) is 14.8 Å². The van der Waals surface area contributed by atoms with Gasteiger partial charge in [0.1, 0.15) is 10.6 Å². The van der Waals surface area contributed by atoms with Gasteiger partial charge in [-0.25, -0.2) is 17.9 Å². The Labute approximate surface area is 92.9 Å². The topological polar surface area (TPSA) is 92.7 Å². The number of aliphatic carboxylic acids is 1. The zero-order valence-electron chi connectivity index (χ0n) is 8.50. The molecule has 0 unspecified atom stereocenters. The second kappa shape index (κ2) is 4.95. The number of carboxylic acid groups (broad SMARTS) is 1. The van der Waals surface area contributed by atoms with E-state index in [2.05, 4.69) is 4.72 Å². The molecule has 0 spiro atoms. The van der Waals surface area contributed by atoms with Crippen molar-refractivity contribution >= 4 is 16.0 Å². The van der Waals surface area contributed by atoms with Crippen LogP contribution in [0, 0.1) is 0 Å². The van der Waals surface area contributed by atoms with Crippen molar-refractivity contribution in [3.63, 3.8) is 0 Å². The van der Waals surface area contributed by atoms with Gasteiger partial charge in [0.05, 0.1) is 0 Å². The van der Waals surface area contributed by atoms with Crippen LogP contribution >= 0.6 is 0 Å². The van der Waals surface area contributed by atoms with Gasteiger partial charge in [0, 0.05) is 0 Å². The molecule has 0 aliphatic heterocycles. The maximum atomic E-state index is 11.5. The van der Waals surface area contributed by atoms with Gasteiger partial charge in [-0.2, -0.15) is 0 Å². The van der Waals surface area contributed by atoms with Crippen LogP contribution in [0.1, 0.15) is 0 Å². The molecule has 0 aromatic heterocycles. The van der Waals surface area contributed by atoms with Gasteiger partial charge in [-0.1, -0.05) is 12.1 Å². The molecule has 0 radical (unpaired) electrons. The highest BCUT2D eigenvalue weighted by Gasteiger charge is 2.17. The zero-order valence-corrected chi connectivity index (χ0v) is 9.32. The first kappa shape index (κ1) is 12.5. The molecule has 0 aliphatic carbocycles. The largest absolute Gasteiger partial charge is 0.480 e. The summed E-state index contributed by atoms with van der Waals surface area (Å²) in [6.07, 6.45) is 0. The summed E-state index contributed by atoms with van der Waals surface area (Å²) in [7, 11) is -2.38. The molecule has 16 heavy (non-hydrogen) atoms. The molecule has 0 aliphatic rings. The first-order valence-corrected chi connectivity index (χ1v) is 5.83. The molecule has 0 heterocycles. The fourth-order valence-electron chi connectivity index (χ4n) is 1.04. The number of benzene rings is 1. The fraction of sp³-hybridized carbons (Fsp3) is 0.222. The third-order valence-corrected chi connectivity index (χ3v) is 3.21. The van der Waals surface area contributed by atoms with E-state index in [0.29, 0.717) is 0 Å². The second-order valence-corrected chi connectivity index (χ2v) is 4.69. The van der Waals surface area contributed by atoms with Crippen LogP contribution in [-0.4, -0.2) is 33.1 Å². The highest BCUT2D eigenvalue weighted by molar-refractivity contribution is 7.89. The Morgan fingerprint density at radius 2 is 2.06 bits per heavy atom. The Hall–Kier alpha value is -1.60. The van der Waals surface area contributed by atoms with Gasteiger partial charge in [-0.3, -0.25) is 0 Å².